The van der Waals surface area contributed by atoms with Crippen LogP contribution in [0.2, 0.25) is 0 Å². The number of anilines is 1. The SMILES string of the molecule is CCc1cc(N2CC[C@@H](c3ccc4c(c3)OCO4)[C@H](O)C2)ncn1. The number of hydrogen-bond acceptors (Lipinski definition) is 6. The first-order valence-corrected chi connectivity index (χ1v) is 8.38. The minimum atomic E-state index is -0.445. The maximum atomic E-state index is 10.7. The summed E-state index contributed by atoms with van der Waals surface area (Å²) in [6.45, 7) is 3.77. The molecule has 0 radical (unpaired) electrons. The summed E-state index contributed by atoms with van der Waals surface area (Å²) in [5.74, 6) is 2.54. The number of fused-ring (bicyclic) bond motifs is 1. The van der Waals surface area contributed by atoms with Gasteiger partial charge < -0.3 is 19.5 Å². The van der Waals surface area contributed by atoms with Gasteiger partial charge in [-0.3, -0.25) is 0 Å². The quantitative estimate of drug-likeness (QED) is 0.931. The van der Waals surface area contributed by atoms with Crippen molar-refractivity contribution in [3.05, 3.63) is 41.9 Å². The lowest BCUT2D eigenvalue weighted by Gasteiger charge is -2.37. The maximum absolute atomic E-state index is 10.7. The Labute approximate surface area is 141 Å². The predicted octanol–water partition coefficient (Wildman–Crippen LogP) is 2.12. The molecule has 0 amide bonds. The van der Waals surface area contributed by atoms with Crippen LogP contribution in [0.15, 0.2) is 30.6 Å². The molecule has 6 nitrogen and oxygen atoms in total. The first kappa shape index (κ1) is 15.2. The van der Waals surface area contributed by atoms with Crippen molar-refractivity contribution < 1.29 is 14.6 Å². The lowest BCUT2D eigenvalue weighted by Crippen LogP contribution is -2.43. The fourth-order valence-corrected chi connectivity index (χ4v) is 3.42. The van der Waals surface area contributed by atoms with Crippen molar-refractivity contribution in [2.24, 2.45) is 0 Å². The molecule has 2 aromatic rings. The minimum absolute atomic E-state index is 0.100. The number of nitrogens with zero attached hydrogens (tertiary/aromatic N) is 3. The number of aliphatic hydroxyl groups excluding tert-OH is 1. The van der Waals surface area contributed by atoms with Crippen molar-refractivity contribution in [1.29, 1.82) is 0 Å². The Morgan fingerprint density at radius 2 is 2.08 bits per heavy atom. The zero-order chi connectivity index (χ0) is 16.5. The summed E-state index contributed by atoms with van der Waals surface area (Å²) in [4.78, 5) is 10.7. The van der Waals surface area contributed by atoms with Crippen LogP contribution in [0.4, 0.5) is 5.82 Å². The van der Waals surface area contributed by atoms with E-state index in [1.54, 1.807) is 6.33 Å². The van der Waals surface area contributed by atoms with E-state index in [0.717, 1.165) is 48.0 Å². The Morgan fingerprint density at radius 1 is 1.21 bits per heavy atom. The topological polar surface area (TPSA) is 67.7 Å². The average Bonchev–Trinajstić information content (AvgIpc) is 3.09. The molecular weight excluding hydrogens is 306 g/mol. The fraction of sp³-hybridized carbons (Fsp3) is 0.444. The Bertz CT molecular complexity index is 737. The summed E-state index contributed by atoms with van der Waals surface area (Å²) >= 11 is 0. The molecule has 1 saturated heterocycles. The van der Waals surface area contributed by atoms with Crippen molar-refractivity contribution in [2.45, 2.75) is 31.8 Å². The normalized spacial score (nSPS) is 22.7. The fourth-order valence-electron chi connectivity index (χ4n) is 3.42. The van der Waals surface area contributed by atoms with Gasteiger partial charge in [0.05, 0.1) is 6.10 Å². The Morgan fingerprint density at radius 3 is 2.92 bits per heavy atom. The van der Waals surface area contributed by atoms with Gasteiger partial charge in [0.2, 0.25) is 6.79 Å². The van der Waals surface area contributed by atoms with E-state index < -0.39 is 6.10 Å². The Hall–Kier alpha value is -2.34. The molecule has 1 fully saturated rings. The third-order valence-corrected chi connectivity index (χ3v) is 4.80. The van der Waals surface area contributed by atoms with Gasteiger partial charge in [0.15, 0.2) is 11.5 Å². The van der Waals surface area contributed by atoms with Crippen molar-refractivity contribution in [1.82, 2.24) is 9.97 Å². The van der Waals surface area contributed by atoms with Gasteiger partial charge in [0.1, 0.15) is 12.1 Å². The largest absolute Gasteiger partial charge is 0.454 e. The van der Waals surface area contributed by atoms with Gasteiger partial charge in [0, 0.05) is 30.8 Å². The van der Waals surface area contributed by atoms with Gasteiger partial charge in [-0.15, -0.1) is 0 Å². The van der Waals surface area contributed by atoms with Gasteiger partial charge in [-0.05, 0) is 30.5 Å². The van der Waals surface area contributed by atoms with E-state index in [9.17, 15) is 5.11 Å². The van der Waals surface area contributed by atoms with E-state index in [0.29, 0.717) is 6.54 Å². The van der Waals surface area contributed by atoms with E-state index in [-0.39, 0.29) is 12.7 Å². The molecule has 0 saturated carbocycles. The van der Waals surface area contributed by atoms with Crippen LogP contribution in [0.1, 0.15) is 30.5 Å². The second-order valence-electron chi connectivity index (χ2n) is 6.24. The van der Waals surface area contributed by atoms with Crippen molar-refractivity contribution in [3.63, 3.8) is 0 Å². The molecule has 0 unspecified atom stereocenters. The predicted molar refractivity (Wildman–Crippen MR) is 89.6 cm³/mol. The highest BCUT2D eigenvalue weighted by molar-refractivity contribution is 5.46. The molecular formula is C18H21N3O3. The number of rotatable bonds is 3. The lowest BCUT2D eigenvalue weighted by atomic mass is 9.87. The smallest absolute Gasteiger partial charge is 0.231 e. The van der Waals surface area contributed by atoms with Crippen molar-refractivity contribution in [3.8, 4) is 11.5 Å². The van der Waals surface area contributed by atoms with Gasteiger partial charge in [0.25, 0.3) is 0 Å². The molecule has 0 aliphatic carbocycles. The minimum Gasteiger partial charge on any atom is -0.454 e. The summed E-state index contributed by atoms with van der Waals surface area (Å²) in [5.41, 5.74) is 2.12. The molecule has 1 aromatic heterocycles. The highest BCUT2D eigenvalue weighted by Gasteiger charge is 2.30. The number of aromatic nitrogens is 2. The number of benzene rings is 1. The molecule has 2 aliphatic rings. The molecule has 24 heavy (non-hydrogen) atoms. The summed E-state index contributed by atoms with van der Waals surface area (Å²) in [5, 5.41) is 10.7. The monoisotopic (exact) mass is 327 g/mol. The van der Waals surface area contributed by atoms with Crippen LogP contribution in [0.25, 0.3) is 0 Å². The van der Waals surface area contributed by atoms with E-state index in [1.807, 2.05) is 24.3 Å². The Kier molecular flexibility index (Phi) is 3.98. The molecule has 2 aliphatic heterocycles. The maximum Gasteiger partial charge on any atom is 0.231 e. The number of hydrogen-bond donors (Lipinski definition) is 1. The second kappa shape index (κ2) is 6.28. The van der Waals surface area contributed by atoms with Crippen LogP contribution in [-0.2, 0) is 6.42 Å². The van der Waals surface area contributed by atoms with Gasteiger partial charge in [-0.1, -0.05) is 13.0 Å². The first-order chi connectivity index (χ1) is 11.7. The zero-order valence-corrected chi connectivity index (χ0v) is 13.7. The number of aryl methyl sites for hydroxylation is 1. The highest BCUT2D eigenvalue weighted by atomic mass is 16.7. The molecule has 0 bridgehead atoms. The summed E-state index contributed by atoms with van der Waals surface area (Å²) < 4.78 is 10.8. The molecule has 126 valence electrons. The number of β-amino-alcohol motifs (C(OH)–C–C–N with tert-alkyl or cyclic N) is 1. The van der Waals surface area contributed by atoms with E-state index in [2.05, 4.69) is 21.8 Å². The Balaban J connectivity index is 1.50. The van der Waals surface area contributed by atoms with Crippen LogP contribution >= 0.6 is 0 Å². The van der Waals surface area contributed by atoms with Crippen molar-refractivity contribution >= 4 is 5.82 Å². The van der Waals surface area contributed by atoms with Crippen molar-refractivity contribution in [2.75, 3.05) is 24.8 Å². The molecule has 6 heteroatoms. The van der Waals surface area contributed by atoms with E-state index >= 15 is 0 Å². The number of aliphatic hydroxyl groups is 1. The molecule has 4 rings (SSSR count). The standard InChI is InChI=1S/C18H21N3O3/c1-2-13-8-18(20-10-19-13)21-6-5-14(15(22)9-21)12-3-4-16-17(7-12)24-11-23-16/h3-4,7-8,10,14-15,22H,2,5-6,9,11H2,1H3/t14-,15+/m0/s1. The van der Waals surface area contributed by atoms with Crippen LogP contribution in [0.3, 0.4) is 0 Å². The third-order valence-electron chi connectivity index (χ3n) is 4.80. The van der Waals surface area contributed by atoms with E-state index in [4.69, 9.17) is 9.47 Å². The van der Waals surface area contributed by atoms with Gasteiger partial charge >= 0.3 is 0 Å². The average molecular weight is 327 g/mol. The molecule has 1 N–H and O–H groups in total. The van der Waals surface area contributed by atoms with E-state index in [1.165, 1.54) is 0 Å². The summed E-state index contributed by atoms with van der Waals surface area (Å²) in [6.07, 6.45) is 2.90. The first-order valence-electron chi connectivity index (χ1n) is 8.38. The molecule has 0 spiro atoms. The molecule has 1 aromatic carbocycles. The van der Waals surface area contributed by atoms with Crippen LogP contribution < -0.4 is 14.4 Å². The summed E-state index contributed by atoms with van der Waals surface area (Å²) in [7, 11) is 0. The second-order valence-corrected chi connectivity index (χ2v) is 6.24. The molecule has 2 atom stereocenters. The zero-order valence-electron chi connectivity index (χ0n) is 13.7. The lowest BCUT2D eigenvalue weighted by molar-refractivity contribution is 0.129. The number of piperidine rings is 1. The van der Waals surface area contributed by atoms with Crippen LogP contribution in [-0.4, -0.2) is 41.1 Å². The highest BCUT2D eigenvalue weighted by Crippen LogP contribution is 2.38. The van der Waals surface area contributed by atoms with Gasteiger partial charge in [-0.25, -0.2) is 9.97 Å². The summed E-state index contributed by atoms with van der Waals surface area (Å²) in [6, 6.07) is 7.95. The third kappa shape index (κ3) is 2.78. The van der Waals surface area contributed by atoms with Crippen LogP contribution in [0.5, 0.6) is 11.5 Å². The molecule has 3 heterocycles. The number of ether oxygens (including phenoxy) is 2. The van der Waals surface area contributed by atoms with Gasteiger partial charge in [-0.2, -0.15) is 0 Å². The van der Waals surface area contributed by atoms with Crippen LogP contribution in [0, 0.1) is 0 Å².